The van der Waals surface area contributed by atoms with Gasteiger partial charge in [0, 0.05) is 51.9 Å². The van der Waals surface area contributed by atoms with E-state index in [2.05, 4.69) is 118 Å². The zero-order chi connectivity index (χ0) is 33.0. The molecule has 3 atom stereocenters. The van der Waals surface area contributed by atoms with Crippen molar-refractivity contribution in [3.63, 3.8) is 0 Å². The van der Waals surface area contributed by atoms with Crippen LogP contribution in [-0.4, -0.2) is 20.9 Å². The van der Waals surface area contributed by atoms with Gasteiger partial charge in [-0.15, -0.1) is 0 Å². The Hall–Kier alpha value is -4.63. The van der Waals surface area contributed by atoms with Gasteiger partial charge < -0.3 is 9.13 Å². The van der Waals surface area contributed by atoms with Crippen molar-refractivity contribution in [2.45, 2.75) is 95.4 Å². The van der Waals surface area contributed by atoms with Gasteiger partial charge in [0.2, 0.25) is 0 Å². The summed E-state index contributed by atoms with van der Waals surface area (Å²) in [4.78, 5) is 5.48. The zero-order valence-corrected chi connectivity index (χ0v) is 29.2. The van der Waals surface area contributed by atoms with Gasteiger partial charge in [-0.05, 0) is 153 Å². The van der Waals surface area contributed by atoms with Gasteiger partial charge >= 0.3 is 0 Å². The van der Waals surface area contributed by atoms with E-state index >= 15 is 0 Å². The van der Waals surface area contributed by atoms with E-state index in [1.807, 2.05) is 0 Å². The first-order chi connectivity index (χ1) is 24.8. The fraction of sp³-hybridized carbons (Fsp3) is 0.340. The van der Waals surface area contributed by atoms with Crippen LogP contribution in [0.2, 0.25) is 0 Å². The number of dihydropyridines is 1. The lowest BCUT2D eigenvalue weighted by molar-refractivity contribution is 0.569. The molecule has 3 heterocycles. The van der Waals surface area contributed by atoms with Crippen LogP contribution in [0.5, 0.6) is 0 Å². The van der Waals surface area contributed by atoms with Crippen molar-refractivity contribution in [2.24, 2.45) is 10.9 Å². The number of nitrogens with zero attached hydrogens (tertiary/aromatic N) is 3. The molecule has 0 amide bonds. The minimum atomic E-state index is 0.225. The van der Waals surface area contributed by atoms with E-state index in [4.69, 9.17) is 4.99 Å². The van der Waals surface area contributed by atoms with E-state index in [0.29, 0.717) is 11.8 Å². The van der Waals surface area contributed by atoms with E-state index in [0.717, 1.165) is 44.9 Å². The molecule has 0 saturated carbocycles. The average Bonchev–Trinajstić information content (AvgIpc) is 3.71. The molecule has 3 nitrogen and oxygen atoms in total. The summed E-state index contributed by atoms with van der Waals surface area (Å²) in [5, 5.41) is 1.47. The van der Waals surface area contributed by atoms with Gasteiger partial charge in [0.25, 0.3) is 0 Å². The number of hydrogen-bond donors (Lipinski definition) is 0. The molecule has 3 unspecified atom stereocenters. The Bertz CT molecular complexity index is 2200. The maximum absolute atomic E-state index is 5.48. The molecule has 0 bridgehead atoms. The van der Waals surface area contributed by atoms with Crippen LogP contribution in [0, 0.1) is 5.92 Å². The second kappa shape index (κ2) is 12.6. The monoisotopic (exact) mass is 653 g/mol. The zero-order valence-electron chi connectivity index (χ0n) is 29.2. The molecular weight excluding hydrogens is 607 g/mol. The molecule has 0 spiro atoms. The van der Waals surface area contributed by atoms with Gasteiger partial charge in [-0.3, -0.25) is 4.99 Å². The first-order valence-corrected chi connectivity index (χ1v) is 19.4. The minimum Gasteiger partial charge on any atom is -0.314 e. The summed E-state index contributed by atoms with van der Waals surface area (Å²) in [5.41, 5.74) is 17.5. The average molecular weight is 654 g/mol. The Labute approximate surface area is 296 Å². The number of aryl methyl sites for hydroxylation is 1. The summed E-state index contributed by atoms with van der Waals surface area (Å²) in [7, 11) is 0. The second-order valence-corrected chi connectivity index (χ2v) is 15.3. The fourth-order valence-corrected chi connectivity index (χ4v) is 9.98. The number of allylic oxidation sites excluding steroid dienone is 8. The molecule has 2 aromatic carbocycles. The van der Waals surface area contributed by atoms with Crippen molar-refractivity contribution in [3.8, 4) is 5.69 Å². The predicted molar refractivity (Wildman–Crippen MR) is 210 cm³/mol. The number of aliphatic imine (C=N–C) groups is 1. The highest BCUT2D eigenvalue weighted by Crippen LogP contribution is 2.43. The van der Waals surface area contributed by atoms with E-state index in [-0.39, 0.29) is 6.04 Å². The number of benzene rings is 2. The van der Waals surface area contributed by atoms with Crippen LogP contribution >= 0.6 is 0 Å². The molecule has 3 heteroatoms. The van der Waals surface area contributed by atoms with Crippen LogP contribution in [0.4, 0.5) is 0 Å². The molecule has 0 radical (unpaired) electrons. The molecule has 0 N–H and O–H groups in total. The van der Waals surface area contributed by atoms with Crippen LogP contribution in [0.3, 0.4) is 0 Å². The van der Waals surface area contributed by atoms with Gasteiger partial charge in [-0.25, -0.2) is 0 Å². The highest BCUT2D eigenvalue weighted by Gasteiger charge is 2.32. The van der Waals surface area contributed by atoms with Crippen molar-refractivity contribution in [1.29, 1.82) is 0 Å². The summed E-state index contributed by atoms with van der Waals surface area (Å²) in [6.07, 6.45) is 38.7. The standard InChI is InChI=1S/C47H47N3/c1-4-14-32(15-5-1)42-30-37(31-43(48-42)33-16-6-2-7-17-33)50-45-23-13-11-21-39(45)41-28-34(25-27-46(41)50)35-24-26-40-38-20-10-12-22-44(38)49(47(40)29-35)36-18-8-3-9-19-36/h1,3-4,6,8-9,12-14,16,18-19,22-23,25,27-28,31,33,35,42H,2,5,7,10-11,15,17,20-21,24,26,29-30H2. The van der Waals surface area contributed by atoms with Gasteiger partial charge in [0.05, 0.1) is 11.6 Å². The van der Waals surface area contributed by atoms with E-state index in [9.17, 15) is 0 Å². The first kappa shape index (κ1) is 30.2. The number of para-hydroxylation sites is 1. The molecule has 6 aliphatic rings. The van der Waals surface area contributed by atoms with Crippen molar-refractivity contribution in [2.75, 3.05) is 0 Å². The van der Waals surface area contributed by atoms with E-state index in [1.165, 1.54) is 94.6 Å². The maximum atomic E-state index is 5.48. The van der Waals surface area contributed by atoms with Gasteiger partial charge in [0.15, 0.2) is 0 Å². The first-order valence-electron chi connectivity index (χ1n) is 19.4. The Balaban J connectivity index is 1.06. The lowest BCUT2D eigenvalue weighted by Gasteiger charge is -2.29. The molecule has 50 heavy (non-hydrogen) atoms. The molecule has 5 aliphatic carbocycles. The smallest absolute Gasteiger partial charge is 0.0770 e. The quantitative estimate of drug-likeness (QED) is 0.191. The molecule has 0 fully saturated rings. The number of fused-ring (bicyclic) bond motifs is 6. The highest BCUT2D eigenvalue weighted by atomic mass is 15.0. The Morgan fingerprint density at radius 3 is 2.36 bits per heavy atom. The Kier molecular flexibility index (Phi) is 7.62. The number of rotatable bonds is 5. The summed E-state index contributed by atoms with van der Waals surface area (Å²) in [6, 6.07) is 18.9. The minimum absolute atomic E-state index is 0.225. The van der Waals surface area contributed by atoms with Gasteiger partial charge in [-0.2, -0.15) is 0 Å². The SMILES string of the molecule is C1=CCCC(C2CC(n3c4c(c5cc(C6CCc7c8c(n(-c9ccccc9)c7C6)C=CCC8)ccc53)CCC=C4)=CC(C3C=CCCC3)=N2)=C1. The summed E-state index contributed by atoms with van der Waals surface area (Å²) >= 11 is 0. The van der Waals surface area contributed by atoms with E-state index in [1.54, 1.807) is 16.8 Å². The highest BCUT2D eigenvalue weighted by molar-refractivity contribution is 6.04. The summed E-state index contributed by atoms with van der Waals surface area (Å²) in [6.45, 7) is 0. The van der Waals surface area contributed by atoms with Crippen LogP contribution in [0.1, 0.15) is 103 Å². The molecule has 10 rings (SSSR count). The molecule has 1 aliphatic heterocycles. The van der Waals surface area contributed by atoms with Crippen molar-refractivity contribution >= 4 is 34.5 Å². The van der Waals surface area contributed by atoms with Crippen molar-refractivity contribution < 1.29 is 0 Å². The largest absolute Gasteiger partial charge is 0.314 e. The summed E-state index contributed by atoms with van der Waals surface area (Å²) in [5.74, 6) is 0.947. The van der Waals surface area contributed by atoms with Crippen LogP contribution in [0.25, 0.3) is 34.4 Å². The lowest BCUT2D eigenvalue weighted by Crippen LogP contribution is -2.24. The normalized spacial score (nSPS) is 24.0. The molecule has 250 valence electrons. The molecular formula is C47H47N3. The van der Waals surface area contributed by atoms with Crippen LogP contribution in [-0.2, 0) is 25.7 Å². The number of hydrogen-bond acceptors (Lipinski definition) is 1. The van der Waals surface area contributed by atoms with Crippen molar-refractivity contribution in [3.05, 3.63) is 142 Å². The molecule has 4 aromatic rings. The molecule has 2 aromatic heterocycles. The third-order valence-corrected chi connectivity index (χ3v) is 12.4. The third kappa shape index (κ3) is 5.12. The topological polar surface area (TPSA) is 22.2 Å². The fourth-order valence-electron chi connectivity index (χ4n) is 9.98. The van der Waals surface area contributed by atoms with Gasteiger partial charge in [0.1, 0.15) is 0 Å². The van der Waals surface area contributed by atoms with Gasteiger partial charge in [-0.1, -0.05) is 66.8 Å². The summed E-state index contributed by atoms with van der Waals surface area (Å²) < 4.78 is 5.23. The van der Waals surface area contributed by atoms with Crippen LogP contribution in [0.15, 0.2) is 108 Å². The van der Waals surface area contributed by atoms with Crippen LogP contribution < -0.4 is 0 Å². The maximum Gasteiger partial charge on any atom is 0.0770 e. The third-order valence-electron chi connectivity index (χ3n) is 12.4. The molecule has 0 saturated heterocycles. The Morgan fingerprint density at radius 2 is 1.54 bits per heavy atom. The lowest BCUT2D eigenvalue weighted by atomic mass is 9.81. The second-order valence-electron chi connectivity index (χ2n) is 15.3. The number of aromatic nitrogens is 2. The van der Waals surface area contributed by atoms with E-state index < -0.39 is 0 Å². The predicted octanol–water partition coefficient (Wildman–Crippen LogP) is 11.3. The Morgan fingerprint density at radius 1 is 0.700 bits per heavy atom. The van der Waals surface area contributed by atoms with Crippen molar-refractivity contribution in [1.82, 2.24) is 9.13 Å².